The largest absolute Gasteiger partial charge is 0.456 e. The Labute approximate surface area is 822 Å². The molecule has 32 rings (SSSR count). The Morgan fingerprint density at radius 2 is 0.493 bits per heavy atom. The van der Waals surface area contributed by atoms with E-state index < -0.39 is 0 Å². The summed E-state index contributed by atoms with van der Waals surface area (Å²) in [6, 6.07) is 157. The highest BCUT2D eigenvalue weighted by Crippen LogP contribution is 2.54. The second-order valence-corrected chi connectivity index (χ2v) is 38.9. The van der Waals surface area contributed by atoms with Crippen molar-refractivity contribution in [1.82, 2.24) is 48.2 Å². The standard InChI is InChI=1S/C130H72N10O3S/c1-3-31-83(32-4-1)137-103-44-20-13-35-85(103)98-66-79(55-61-107(98)137)125-131-127(135-129(133-125)119-93-40-11-12-41-95(93)123-117(96-42-17-24-48-111(96)142-123)121(119)139-105-46-22-15-37-87(105)100-63-73-27-7-9-29-75(73)68-109(100)139)81-53-58-90-89-57-51-78(70-113(89)141-114(90)71-81)77-52-60-94-102(65-77)124-118(97-43-18-25-49-112(97)143-124)122(140-106-47-23-16-38-88(106)101-64-74-28-8-10-30-76(74)69-110(101)140)120(94)130-134-126(132-128(136-130)82-54-59-92-91-39-19-26-50-115(91)144-116(92)72-82)80-56-62-108-99(67-80)86-36-14-21-45-104(86)138(108)84-33-5-2-6-34-84/h1-72H. The van der Waals surface area contributed by atoms with Gasteiger partial charge in [-0.25, -0.2) is 29.9 Å². The monoisotopic (exact) mass is 1850 g/mol. The first-order valence-corrected chi connectivity index (χ1v) is 49.4. The number of fused-ring (bicyclic) bond motifs is 30. The normalized spacial score (nSPS) is 12.3. The lowest BCUT2D eigenvalue weighted by Gasteiger charge is -2.19. The van der Waals surface area contributed by atoms with Crippen molar-refractivity contribution < 1.29 is 13.3 Å². The predicted molar refractivity (Wildman–Crippen MR) is 593 cm³/mol. The molecule has 0 aliphatic rings. The third-order valence-corrected chi connectivity index (χ3v) is 31.1. The Hall–Kier alpha value is -19.3. The van der Waals surface area contributed by atoms with E-state index in [1.165, 1.54) is 15.5 Å². The molecule has 0 N–H and O–H groups in total. The van der Waals surface area contributed by atoms with Crippen molar-refractivity contribution in [3.63, 3.8) is 0 Å². The lowest BCUT2D eigenvalue weighted by molar-refractivity contribution is 0.669. The fourth-order valence-corrected chi connectivity index (χ4v) is 24.7. The molecular formula is C130H72N10O3S. The van der Waals surface area contributed by atoms with Gasteiger partial charge in [-0.1, -0.05) is 273 Å². The fraction of sp³-hybridized carbons (Fsp3) is 0. The van der Waals surface area contributed by atoms with Crippen molar-refractivity contribution in [2.24, 2.45) is 0 Å². The van der Waals surface area contributed by atoms with Gasteiger partial charge in [-0.15, -0.1) is 11.3 Å². The molecule has 0 bridgehead atoms. The van der Waals surface area contributed by atoms with Crippen molar-refractivity contribution in [3.8, 4) is 102 Å². The maximum Gasteiger partial charge on any atom is 0.166 e. The van der Waals surface area contributed by atoms with E-state index in [1.807, 2.05) is 6.07 Å². The SMILES string of the molecule is c1ccc(-n2c3ccccc3c3cc(-c4nc(-c5ccc6c(c5)oc5cc(-c7ccc8c(-c9nc(-c%10ccc%11c(c%10)sc%10ccccc%10%11)nc(-c%10ccc%11c(c%10)c%10ccccc%10n%11-c%10ccccc%10)n9)c(-n9c%10ccccc%10c%10cc%11ccccc%11cc%109)c9c%10ccccc%10oc9c8c7)ccc56)nc(-c5c(-n6c7ccccc7c7cc8ccccc8cc76)c6c7ccccc7oc6c6ccccc56)n4)ccc32)cc1. The average Bonchev–Trinajstić information content (AvgIpc) is 1.50. The first-order chi connectivity index (χ1) is 71.4. The molecule has 0 amide bonds. The van der Waals surface area contributed by atoms with Gasteiger partial charge in [-0.05, 0) is 207 Å². The van der Waals surface area contributed by atoms with Crippen LogP contribution < -0.4 is 0 Å². The molecule has 14 heteroatoms. The molecule has 10 aromatic heterocycles. The molecule has 0 unspecified atom stereocenters. The van der Waals surface area contributed by atoms with Crippen LogP contribution in [0.4, 0.5) is 0 Å². The molecule has 0 saturated carbocycles. The average molecular weight is 1850 g/mol. The van der Waals surface area contributed by atoms with Crippen LogP contribution in [0.2, 0.25) is 0 Å². The second kappa shape index (κ2) is 30.1. The van der Waals surface area contributed by atoms with Crippen molar-refractivity contribution in [2.45, 2.75) is 0 Å². The van der Waals surface area contributed by atoms with Crippen LogP contribution in [0, 0.1) is 0 Å². The highest BCUT2D eigenvalue weighted by atomic mass is 32.1. The Balaban J connectivity index is 0.614. The van der Waals surface area contributed by atoms with Crippen LogP contribution in [0.1, 0.15) is 0 Å². The quantitative estimate of drug-likeness (QED) is 0.124. The van der Waals surface area contributed by atoms with E-state index in [9.17, 15) is 0 Å². The zero-order valence-electron chi connectivity index (χ0n) is 76.7. The Morgan fingerprint density at radius 3 is 0.993 bits per heavy atom. The van der Waals surface area contributed by atoms with E-state index in [1.54, 1.807) is 11.3 Å². The summed E-state index contributed by atoms with van der Waals surface area (Å²) in [5.74, 6) is 3.03. The van der Waals surface area contributed by atoms with Gasteiger partial charge in [0.1, 0.15) is 33.5 Å². The topological polar surface area (TPSA) is 136 Å². The number of hydrogen-bond donors (Lipinski definition) is 0. The van der Waals surface area contributed by atoms with Crippen LogP contribution >= 0.6 is 11.3 Å². The summed E-state index contributed by atoms with van der Waals surface area (Å²) in [5, 5.41) is 25.1. The minimum atomic E-state index is 0.468. The third-order valence-electron chi connectivity index (χ3n) is 30.0. The van der Waals surface area contributed by atoms with Crippen molar-refractivity contribution in [2.75, 3.05) is 0 Å². The Bertz CT molecular complexity index is 11300. The van der Waals surface area contributed by atoms with E-state index in [-0.39, 0.29) is 0 Å². The lowest BCUT2D eigenvalue weighted by Crippen LogP contribution is -2.05. The summed E-state index contributed by atoms with van der Waals surface area (Å²) in [5.41, 5.74) is 23.6. The predicted octanol–water partition coefficient (Wildman–Crippen LogP) is 34.8. The Kier molecular flexibility index (Phi) is 16.5. The van der Waals surface area contributed by atoms with Crippen LogP contribution in [0.3, 0.4) is 0 Å². The van der Waals surface area contributed by atoms with Crippen LogP contribution in [0.25, 0.3) is 319 Å². The molecular weight excluding hydrogens is 1780 g/mol. The van der Waals surface area contributed by atoms with Crippen molar-refractivity contribution in [1.29, 1.82) is 0 Å². The van der Waals surface area contributed by atoms with E-state index in [4.69, 9.17) is 43.2 Å². The maximum absolute atomic E-state index is 7.52. The number of thiophene rings is 1. The smallest absolute Gasteiger partial charge is 0.166 e. The molecule has 0 aliphatic carbocycles. The number of furan rings is 3. The van der Waals surface area contributed by atoms with Crippen molar-refractivity contribution in [3.05, 3.63) is 437 Å². The van der Waals surface area contributed by atoms with E-state index in [0.717, 1.165) is 257 Å². The van der Waals surface area contributed by atoms with Gasteiger partial charge < -0.3 is 31.5 Å². The fourth-order valence-electron chi connectivity index (χ4n) is 23.6. The minimum absolute atomic E-state index is 0.468. The maximum atomic E-state index is 7.52. The molecule has 0 aliphatic heterocycles. The van der Waals surface area contributed by atoms with Crippen LogP contribution in [0.5, 0.6) is 0 Å². The molecule has 22 aromatic carbocycles. The van der Waals surface area contributed by atoms with Crippen LogP contribution in [-0.4, -0.2) is 48.2 Å². The molecule has 0 radical (unpaired) electrons. The van der Waals surface area contributed by atoms with E-state index in [2.05, 4.69) is 449 Å². The molecule has 0 fully saturated rings. The van der Waals surface area contributed by atoms with E-state index in [0.29, 0.717) is 46.1 Å². The number of aromatic nitrogens is 10. The highest BCUT2D eigenvalue weighted by molar-refractivity contribution is 7.25. The highest BCUT2D eigenvalue weighted by Gasteiger charge is 2.33. The summed E-state index contributed by atoms with van der Waals surface area (Å²) in [6.45, 7) is 0. The summed E-state index contributed by atoms with van der Waals surface area (Å²) in [6.07, 6.45) is 0. The number of benzene rings is 22. The van der Waals surface area contributed by atoms with Crippen LogP contribution in [0.15, 0.2) is 450 Å². The zero-order chi connectivity index (χ0) is 93.8. The van der Waals surface area contributed by atoms with Crippen molar-refractivity contribution >= 4 is 228 Å². The number of rotatable bonds is 11. The first-order valence-electron chi connectivity index (χ1n) is 48.6. The van der Waals surface area contributed by atoms with E-state index >= 15 is 0 Å². The summed E-state index contributed by atoms with van der Waals surface area (Å²) >= 11 is 1.78. The van der Waals surface area contributed by atoms with Gasteiger partial charge in [0, 0.05) is 129 Å². The molecule has 10 heterocycles. The Morgan fingerprint density at radius 1 is 0.174 bits per heavy atom. The van der Waals surface area contributed by atoms with Gasteiger partial charge in [-0.3, -0.25) is 0 Å². The van der Waals surface area contributed by atoms with Gasteiger partial charge in [0.15, 0.2) is 34.9 Å². The third kappa shape index (κ3) is 11.6. The van der Waals surface area contributed by atoms with Gasteiger partial charge >= 0.3 is 0 Å². The zero-order valence-corrected chi connectivity index (χ0v) is 77.5. The summed E-state index contributed by atoms with van der Waals surface area (Å²) < 4.78 is 34.0. The number of para-hydroxylation sites is 8. The van der Waals surface area contributed by atoms with Crippen LogP contribution in [-0.2, 0) is 0 Å². The molecule has 144 heavy (non-hydrogen) atoms. The van der Waals surface area contributed by atoms with Gasteiger partial charge in [0.05, 0.1) is 77.4 Å². The number of nitrogens with zero attached hydrogens (tertiary/aromatic N) is 10. The lowest BCUT2D eigenvalue weighted by atomic mass is 9.93. The minimum Gasteiger partial charge on any atom is -0.456 e. The van der Waals surface area contributed by atoms with Gasteiger partial charge in [0.2, 0.25) is 0 Å². The summed E-state index contributed by atoms with van der Waals surface area (Å²) in [4.78, 5) is 34.9. The number of hydrogen-bond acceptors (Lipinski definition) is 10. The molecule has 32 aromatic rings. The van der Waals surface area contributed by atoms with Gasteiger partial charge in [-0.2, -0.15) is 0 Å². The molecule has 666 valence electrons. The summed E-state index contributed by atoms with van der Waals surface area (Å²) in [7, 11) is 0. The van der Waals surface area contributed by atoms with Gasteiger partial charge in [0.25, 0.3) is 0 Å². The molecule has 0 saturated heterocycles. The first kappa shape index (κ1) is 78.7. The second-order valence-electron chi connectivity index (χ2n) is 37.8. The molecule has 13 nitrogen and oxygen atoms in total. The molecule has 0 atom stereocenters. The molecule has 0 spiro atoms.